The van der Waals surface area contributed by atoms with Crippen molar-refractivity contribution in [2.24, 2.45) is 5.92 Å². The highest BCUT2D eigenvalue weighted by Gasteiger charge is 2.46. The van der Waals surface area contributed by atoms with E-state index in [0.717, 1.165) is 31.2 Å². The van der Waals surface area contributed by atoms with E-state index in [1.807, 2.05) is 36.4 Å². The van der Waals surface area contributed by atoms with Gasteiger partial charge in [-0.25, -0.2) is 0 Å². The Morgan fingerprint density at radius 3 is 2.52 bits per heavy atom. The van der Waals surface area contributed by atoms with E-state index in [-0.39, 0.29) is 24.5 Å². The number of amides is 1. The van der Waals surface area contributed by atoms with Crippen molar-refractivity contribution < 1.29 is 9.90 Å². The summed E-state index contributed by atoms with van der Waals surface area (Å²) >= 11 is 5.94. The zero-order chi connectivity index (χ0) is 14.9. The van der Waals surface area contributed by atoms with Crippen molar-refractivity contribution in [1.29, 1.82) is 0 Å². The number of carbonyl (C=O) groups is 1. The molecule has 1 saturated carbocycles. The van der Waals surface area contributed by atoms with Crippen LogP contribution in [0.15, 0.2) is 36.4 Å². The highest BCUT2D eigenvalue weighted by molar-refractivity contribution is 6.30. The largest absolute Gasteiger partial charge is 0.396 e. The highest BCUT2D eigenvalue weighted by atomic mass is 35.5. The molecule has 1 aromatic rings. The molecule has 2 atom stereocenters. The van der Waals surface area contributed by atoms with E-state index in [1.165, 1.54) is 0 Å². The molecule has 3 nitrogen and oxygen atoms in total. The summed E-state index contributed by atoms with van der Waals surface area (Å²) in [6.07, 6.45) is 7.63. The van der Waals surface area contributed by atoms with Gasteiger partial charge in [0, 0.05) is 23.6 Å². The topological polar surface area (TPSA) is 49.3 Å². The van der Waals surface area contributed by atoms with Gasteiger partial charge in [0.05, 0.1) is 5.41 Å². The molecule has 1 fully saturated rings. The number of aliphatic hydroxyl groups excluding tert-OH is 1. The van der Waals surface area contributed by atoms with Gasteiger partial charge in [-0.3, -0.25) is 4.79 Å². The first-order chi connectivity index (χ1) is 10.1. The quantitative estimate of drug-likeness (QED) is 0.840. The minimum atomic E-state index is -0.393. The smallest absolute Gasteiger partial charge is 0.231 e. The number of aliphatic hydroxyl groups is 1. The lowest BCUT2D eigenvalue weighted by molar-refractivity contribution is -0.130. The second-order valence-corrected chi connectivity index (χ2v) is 6.52. The molecule has 0 aromatic heterocycles. The van der Waals surface area contributed by atoms with E-state index in [0.29, 0.717) is 5.02 Å². The van der Waals surface area contributed by atoms with Crippen molar-refractivity contribution in [3.05, 3.63) is 47.0 Å². The average Bonchev–Trinajstić information content (AvgIpc) is 2.87. The maximum absolute atomic E-state index is 12.7. The molecule has 4 heteroatoms. The summed E-state index contributed by atoms with van der Waals surface area (Å²) in [6, 6.07) is 7.66. The minimum Gasteiger partial charge on any atom is -0.396 e. The van der Waals surface area contributed by atoms with Gasteiger partial charge in [0.25, 0.3) is 0 Å². The fraction of sp³-hybridized carbons (Fsp3) is 0.471. The fourth-order valence-corrected chi connectivity index (χ4v) is 3.40. The molecule has 0 heterocycles. The van der Waals surface area contributed by atoms with Crippen molar-refractivity contribution in [3.8, 4) is 0 Å². The summed E-state index contributed by atoms with van der Waals surface area (Å²) in [6.45, 7) is 0.144. The molecule has 0 unspecified atom stereocenters. The van der Waals surface area contributed by atoms with Crippen LogP contribution in [0.1, 0.15) is 31.2 Å². The summed E-state index contributed by atoms with van der Waals surface area (Å²) < 4.78 is 0. The average molecular weight is 306 g/mol. The van der Waals surface area contributed by atoms with Crippen LogP contribution < -0.4 is 5.32 Å². The Morgan fingerprint density at radius 1 is 1.29 bits per heavy atom. The first-order valence-electron chi connectivity index (χ1n) is 7.50. The Morgan fingerprint density at radius 2 is 2.00 bits per heavy atom. The van der Waals surface area contributed by atoms with E-state index in [2.05, 4.69) is 5.32 Å². The van der Waals surface area contributed by atoms with Gasteiger partial charge in [-0.15, -0.1) is 0 Å². The molecule has 2 N–H and O–H groups in total. The van der Waals surface area contributed by atoms with Gasteiger partial charge in [-0.2, -0.15) is 0 Å². The van der Waals surface area contributed by atoms with Crippen LogP contribution in [0.3, 0.4) is 0 Å². The number of halogens is 1. The van der Waals surface area contributed by atoms with Gasteiger partial charge >= 0.3 is 0 Å². The van der Waals surface area contributed by atoms with Gasteiger partial charge in [0.2, 0.25) is 5.91 Å². The SMILES string of the molecule is O=C(N[C@@H]1C=C[C@H](CO)C1)C1(c2ccc(Cl)cc2)CCC1. The van der Waals surface area contributed by atoms with Crippen LogP contribution in [0, 0.1) is 5.92 Å². The summed E-state index contributed by atoms with van der Waals surface area (Å²) in [5.74, 6) is 0.271. The highest BCUT2D eigenvalue weighted by Crippen LogP contribution is 2.44. The molecule has 0 bridgehead atoms. The van der Waals surface area contributed by atoms with Crippen LogP contribution in [0.5, 0.6) is 0 Å². The Labute approximate surface area is 130 Å². The molecule has 21 heavy (non-hydrogen) atoms. The third-order valence-corrected chi connectivity index (χ3v) is 5.01. The van der Waals surface area contributed by atoms with Crippen LogP contribution in [-0.2, 0) is 10.2 Å². The van der Waals surface area contributed by atoms with Crippen molar-refractivity contribution in [1.82, 2.24) is 5.32 Å². The Balaban J connectivity index is 1.72. The Bertz CT molecular complexity index is 548. The predicted octanol–water partition coefficient (Wildman–Crippen LogP) is 2.81. The molecule has 2 aliphatic rings. The van der Waals surface area contributed by atoms with Gasteiger partial charge in [-0.1, -0.05) is 42.3 Å². The van der Waals surface area contributed by atoms with Crippen LogP contribution in [0.4, 0.5) is 0 Å². The van der Waals surface area contributed by atoms with Crippen LogP contribution in [0.2, 0.25) is 5.02 Å². The Kier molecular flexibility index (Phi) is 4.05. The van der Waals surface area contributed by atoms with E-state index in [4.69, 9.17) is 16.7 Å². The number of hydrogen-bond acceptors (Lipinski definition) is 2. The molecule has 1 amide bonds. The summed E-state index contributed by atoms with van der Waals surface area (Å²) in [5, 5.41) is 13.0. The number of rotatable bonds is 4. The number of carbonyl (C=O) groups excluding carboxylic acids is 1. The van der Waals surface area contributed by atoms with Crippen molar-refractivity contribution in [2.75, 3.05) is 6.61 Å². The predicted molar refractivity (Wildman–Crippen MR) is 83.2 cm³/mol. The summed E-state index contributed by atoms with van der Waals surface area (Å²) in [5.41, 5.74) is 0.659. The fourth-order valence-electron chi connectivity index (χ4n) is 3.27. The molecule has 3 rings (SSSR count). The van der Waals surface area contributed by atoms with Crippen molar-refractivity contribution in [2.45, 2.75) is 37.1 Å². The molecule has 112 valence electrons. The number of hydrogen-bond donors (Lipinski definition) is 2. The Hall–Kier alpha value is -1.32. The number of benzene rings is 1. The van der Waals surface area contributed by atoms with Gasteiger partial charge < -0.3 is 10.4 Å². The monoisotopic (exact) mass is 305 g/mol. The molecule has 1 aromatic carbocycles. The molecule has 0 saturated heterocycles. The van der Waals surface area contributed by atoms with Crippen molar-refractivity contribution in [3.63, 3.8) is 0 Å². The van der Waals surface area contributed by atoms with Gasteiger partial charge in [-0.05, 0) is 37.0 Å². The van der Waals surface area contributed by atoms with E-state index in [9.17, 15) is 4.79 Å². The lowest BCUT2D eigenvalue weighted by Crippen LogP contribution is -2.51. The second kappa shape index (κ2) is 5.82. The second-order valence-electron chi connectivity index (χ2n) is 6.09. The molecular formula is C17H20ClNO2. The minimum absolute atomic E-state index is 0.0411. The molecule has 0 aliphatic heterocycles. The summed E-state index contributed by atoms with van der Waals surface area (Å²) in [7, 11) is 0. The normalized spacial score (nSPS) is 26.4. The zero-order valence-electron chi connectivity index (χ0n) is 11.9. The first-order valence-corrected chi connectivity index (χ1v) is 7.88. The maximum atomic E-state index is 12.7. The van der Waals surface area contributed by atoms with Gasteiger partial charge in [0.1, 0.15) is 0 Å². The van der Waals surface area contributed by atoms with E-state index >= 15 is 0 Å². The standard InChI is InChI=1S/C17H20ClNO2/c18-14-5-3-13(4-6-14)17(8-1-9-17)16(21)19-15-7-2-12(10-15)11-20/h2-7,12,15,20H,1,8-11H2,(H,19,21)/t12-,15+/m0/s1. The number of nitrogens with one attached hydrogen (secondary N) is 1. The zero-order valence-corrected chi connectivity index (χ0v) is 12.6. The van der Waals surface area contributed by atoms with E-state index in [1.54, 1.807) is 0 Å². The summed E-state index contributed by atoms with van der Waals surface area (Å²) in [4.78, 5) is 12.7. The third-order valence-electron chi connectivity index (χ3n) is 4.76. The molecule has 0 radical (unpaired) electrons. The van der Waals surface area contributed by atoms with Gasteiger partial charge in [0.15, 0.2) is 0 Å². The van der Waals surface area contributed by atoms with Crippen LogP contribution in [-0.4, -0.2) is 23.7 Å². The molecule has 2 aliphatic carbocycles. The van der Waals surface area contributed by atoms with Crippen LogP contribution in [0.25, 0.3) is 0 Å². The maximum Gasteiger partial charge on any atom is 0.231 e. The lowest BCUT2D eigenvalue weighted by atomic mass is 9.63. The first kappa shape index (κ1) is 14.6. The lowest BCUT2D eigenvalue weighted by Gasteiger charge is -2.41. The van der Waals surface area contributed by atoms with Crippen molar-refractivity contribution >= 4 is 17.5 Å². The van der Waals surface area contributed by atoms with Crippen LogP contribution >= 0.6 is 11.6 Å². The molecule has 0 spiro atoms. The molecular weight excluding hydrogens is 286 g/mol. The third kappa shape index (κ3) is 2.72. The van der Waals surface area contributed by atoms with E-state index < -0.39 is 5.41 Å².